The van der Waals surface area contributed by atoms with Crippen LogP contribution in [0.5, 0.6) is 0 Å². The van der Waals surface area contributed by atoms with Crippen molar-refractivity contribution in [2.45, 2.75) is 0 Å². The zero-order valence-electron chi connectivity index (χ0n) is 10.8. The quantitative estimate of drug-likeness (QED) is 0.570. The van der Waals surface area contributed by atoms with Crippen LogP contribution >= 0.6 is 27.3 Å². The Balaban J connectivity index is 2.05. The van der Waals surface area contributed by atoms with Crippen LogP contribution < -0.4 is 0 Å². The van der Waals surface area contributed by atoms with Crippen LogP contribution in [0.3, 0.4) is 0 Å². The van der Waals surface area contributed by atoms with Gasteiger partial charge in [-0.25, -0.2) is 9.78 Å². The smallest absolute Gasteiger partial charge is 0.358 e. The van der Waals surface area contributed by atoms with Gasteiger partial charge in [0.25, 0.3) is 0 Å². The van der Waals surface area contributed by atoms with E-state index in [1.54, 1.807) is 6.20 Å². The molecular formula is C14H9BrN2O3S. The third-order valence-corrected chi connectivity index (χ3v) is 4.70. The maximum Gasteiger partial charge on any atom is 0.358 e. The van der Waals surface area contributed by atoms with Crippen molar-refractivity contribution in [2.75, 3.05) is 7.11 Å². The van der Waals surface area contributed by atoms with Gasteiger partial charge >= 0.3 is 5.97 Å². The van der Waals surface area contributed by atoms with E-state index in [2.05, 4.69) is 30.6 Å². The van der Waals surface area contributed by atoms with Crippen LogP contribution in [0, 0.1) is 0 Å². The number of fused-ring (bicyclic) bond motifs is 1. The Labute approximate surface area is 132 Å². The molecule has 0 unspecified atom stereocenters. The van der Waals surface area contributed by atoms with E-state index in [9.17, 15) is 9.59 Å². The van der Waals surface area contributed by atoms with Gasteiger partial charge in [0.15, 0.2) is 10.7 Å². The van der Waals surface area contributed by atoms with Crippen molar-refractivity contribution >= 4 is 49.9 Å². The number of hydrogen-bond donors (Lipinski definition) is 1. The van der Waals surface area contributed by atoms with E-state index in [1.165, 1.54) is 7.11 Å². The lowest BCUT2D eigenvalue weighted by molar-refractivity contribution is 0.0594. The number of carbonyl (C=O) groups is 2. The summed E-state index contributed by atoms with van der Waals surface area (Å²) in [5, 5.41) is 1.07. The number of halogens is 1. The molecule has 5 nitrogen and oxygen atoms in total. The third kappa shape index (κ3) is 2.38. The van der Waals surface area contributed by atoms with E-state index < -0.39 is 5.97 Å². The predicted molar refractivity (Wildman–Crippen MR) is 82.9 cm³/mol. The highest BCUT2D eigenvalue weighted by molar-refractivity contribution is 9.11. The molecule has 0 bridgehead atoms. The number of hydrogen-bond acceptors (Lipinski definition) is 5. The highest BCUT2D eigenvalue weighted by atomic mass is 79.9. The van der Waals surface area contributed by atoms with Crippen LogP contribution in [0.15, 0.2) is 34.2 Å². The Morgan fingerprint density at radius 2 is 2.10 bits per heavy atom. The molecule has 0 aliphatic heterocycles. The molecule has 2 heterocycles. The van der Waals surface area contributed by atoms with Gasteiger partial charge in [-0.15, -0.1) is 11.3 Å². The number of nitrogens with one attached hydrogen (secondary N) is 1. The fourth-order valence-corrected chi connectivity index (χ4v) is 3.44. The van der Waals surface area contributed by atoms with Crippen molar-refractivity contribution in [3.8, 4) is 0 Å². The molecule has 2 aromatic heterocycles. The number of thiazole rings is 1. The van der Waals surface area contributed by atoms with Crippen LogP contribution in [-0.4, -0.2) is 28.8 Å². The molecule has 0 saturated carbocycles. The molecular weight excluding hydrogens is 356 g/mol. The molecule has 0 radical (unpaired) electrons. The van der Waals surface area contributed by atoms with Crippen molar-refractivity contribution in [2.24, 2.45) is 0 Å². The van der Waals surface area contributed by atoms with Crippen molar-refractivity contribution in [3.63, 3.8) is 0 Å². The standard InChI is InChI=1S/C14H9BrN2O3S/c1-20-14(19)10-12(15)21-13(17-10)11(18)8-6-16-9-5-3-2-4-7(8)9/h2-6,16H,1H3. The Morgan fingerprint density at radius 3 is 2.86 bits per heavy atom. The summed E-state index contributed by atoms with van der Waals surface area (Å²) in [6.07, 6.45) is 1.65. The zero-order chi connectivity index (χ0) is 15.0. The van der Waals surface area contributed by atoms with Crippen LogP contribution in [-0.2, 0) is 4.74 Å². The minimum atomic E-state index is -0.573. The topological polar surface area (TPSA) is 72.0 Å². The van der Waals surface area contributed by atoms with Gasteiger partial charge in [0, 0.05) is 17.1 Å². The summed E-state index contributed by atoms with van der Waals surface area (Å²) >= 11 is 4.35. The SMILES string of the molecule is COC(=O)c1nc(C(=O)c2c[nH]c3ccccc23)sc1Br. The van der Waals surface area contributed by atoms with Crippen molar-refractivity contribution in [3.05, 3.63) is 50.5 Å². The number of nitrogens with zero attached hydrogens (tertiary/aromatic N) is 1. The van der Waals surface area contributed by atoms with Crippen LogP contribution in [0.25, 0.3) is 10.9 Å². The van der Waals surface area contributed by atoms with E-state index in [4.69, 9.17) is 0 Å². The number of benzene rings is 1. The highest BCUT2D eigenvalue weighted by Gasteiger charge is 2.23. The Hall–Kier alpha value is -1.99. The third-order valence-electron chi connectivity index (χ3n) is 2.99. The first-order valence-corrected chi connectivity index (χ1v) is 7.58. The first kappa shape index (κ1) is 14.0. The first-order valence-electron chi connectivity index (χ1n) is 5.97. The number of methoxy groups -OCH3 is 1. The average molecular weight is 365 g/mol. The summed E-state index contributed by atoms with van der Waals surface area (Å²) < 4.78 is 5.11. The number of para-hydroxylation sites is 1. The maximum absolute atomic E-state index is 12.6. The van der Waals surface area contributed by atoms with Crippen LogP contribution in [0.2, 0.25) is 0 Å². The molecule has 21 heavy (non-hydrogen) atoms. The van der Waals surface area contributed by atoms with Gasteiger partial charge in [-0.05, 0) is 22.0 Å². The Morgan fingerprint density at radius 1 is 1.33 bits per heavy atom. The first-order chi connectivity index (χ1) is 10.1. The van der Waals surface area contributed by atoms with Crippen molar-refractivity contribution in [1.29, 1.82) is 0 Å². The van der Waals surface area contributed by atoms with E-state index in [0.29, 0.717) is 9.35 Å². The van der Waals surface area contributed by atoms with E-state index in [1.807, 2.05) is 24.3 Å². The molecule has 0 aliphatic rings. The van der Waals surface area contributed by atoms with Crippen molar-refractivity contribution in [1.82, 2.24) is 9.97 Å². The number of H-pyrrole nitrogens is 1. The van der Waals surface area contributed by atoms with Crippen LogP contribution in [0.4, 0.5) is 0 Å². The predicted octanol–water partition coefficient (Wildman–Crippen LogP) is 3.40. The molecule has 1 aromatic carbocycles. The Bertz CT molecular complexity index is 853. The normalized spacial score (nSPS) is 10.8. The fourth-order valence-electron chi connectivity index (χ4n) is 2.00. The molecule has 0 aliphatic carbocycles. The number of aromatic nitrogens is 2. The lowest BCUT2D eigenvalue weighted by Crippen LogP contribution is -2.05. The molecule has 3 rings (SSSR count). The van der Waals surface area contributed by atoms with Gasteiger partial charge in [0.05, 0.1) is 12.7 Å². The molecule has 0 amide bonds. The number of carbonyl (C=O) groups excluding carboxylic acids is 2. The molecule has 0 atom stereocenters. The average Bonchev–Trinajstić information content (AvgIpc) is 3.09. The second-order valence-electron chi connectivity index (χ2n) is 4.21. The van der Waals surface area contributed by atoms with Gasteiger partial charge in [-0.1, -0.05) is 18.2 Å². The molecule has 1 N–H and O–H groups in total. The summed E-state index contributed by atoms with van der Waals surface area (Å²) in [6, 6.07) is 7.51. The van der Waals surface area contributed by atoms with E-state index in [-0.39, 0.29) is 16.5 Å². The molecule has 0 spiro atoms. The summed E-state index contributed by atoms with van der Waals surface area (Å²) in [5.41, 5.74) is 1.53. The maximum atomic E-state index is 12.6. The second kappa shape index (κ2) is 5.42. The Kier molecular flexibility index (Phi) is 3.60. The highest BCUT2D eigenvalue weighted by Crippen LogP contribution is 2.29. The summed E-state index contributed by atoms with van der Waals surface area (Å²) in [7, 11) is 1.27. The van der Waals surface area contributed by atoms with Gasteiger partial charge in [-0.2, -0.15) is 0 Å². The number of ether oxygens (including phenoxy) is 1. The largest absolute Gasteiger partial charge is 0.464 e. The lowest BCUT2D eigenvalue weighted by Gasteiger charge is -1.95. The molecule has 3 aromatic rings. The summed E-state index contributed by atoms with van der Waals surface area (Å²) in [5.74, 6) is -0.801. The number of esters is 1. The van der Waals surface area contributed by atoms with Gasteiger partial charge in [-0.3, -0.25) is 4.79 Å². The molecule has 106 valence electrons. The number of rotatable bonds is 3. The van der Waals surface area contributed by atoms with Gasteiger partial charge in [0.1, 0.15) is 3.79 Å². The van der Waals surface area contributed by atoms with Gasteiger partial charge < -0.3 is 9.72 Å². The summed E-state index contributed by atoms with van der Waals surface area (Å²) in [4.78, 5) is 31.2. The van der Waals surface area contributed by atoms with Gasteiger partial charge in [0.2, 0.25) is 5.78 Å². The lowest BCUT2D eigenvalue weighted by atomic mass is 10.1. The minimum Gasteiger partial charge on any atom is -0.464 e. The molecule has 0 fully saturated rings. The number of ketones is 1. The summed E-state index contributed by atoms with van der Waals surface area (Å²) in [6.45, 7) is 0. The fraction of sp³-hybridized carbons (Fsp3) is 0.0714. The minimum absolute atomic E-state index is 0.116. The number of aromatic amines is 1. The van der Waals surface area contributed by atoms with E-state index >= 15 is 0 Å². The monoisotopic (exact) mass is 364 g/mol. The second-order valence-corrected chi connectivity index (χ2v) is 6.53. The van der Waals surface area contributed by atoms with E-state index in [0.717, 1.165) is 22.2 Å². The molecule has 7 heteroatoms. The molecule has 0 saturated heterocycles. The van der Waals surface area contributed by atoms with Crippen LogP contribution in [0.1, 0.15) is 25.9 Å². The zero-order valence-corrected chi connectivity index (χ0v) is 13.2. The van der Waals surface area contributed by atoms with Crippen molar-refractivity contribution < 1.29 is 14.3 Å².